The SMILES string of the molecule is CCCCCc1ccc(CNc2ccc(N=Nc3ncc([N+](=O)[O-])s3)cc2)cc1. The van der Waals surface area contributed by atoms with Crippen molar-refractivity contribution in [3.05, 3.63) is 76.0 Å². The van der Waals surface area contributed by atoms with E-state index in [-0.39, 0.29) is 10.1 Å². The van der Waals surface area contributed by atoms with Gasteiger partial charge in [0, 0.05) is 12.2 Å². The molecule has 0 fully saturated rings. The molecular weight excluding hydrogens is 386 g/mol. The number of thiazole rings is 1. The molecule has 3 aromatic rings. The smallest absolute Gasteiger partial charge is 0.345 e. The van der Waals surface area contributed by atoms with Crippen LogP contribution in [0.5, 0.6) is 0 Å². The highest BCUT2D eigenvalue weighted by Crippen LogP contribution is 2.29. The Bertz CT molecular complexity index is 952. The summed E-state index contributed by atoms with van der Waals surface area (Å²) in [6.07, 6.45) is 6.10. The van der Waals surface area contributed by atoms with Gasteiger partial charge in [-0.2, -0.15) is 0 Å². The first-order valence-electron chi connectivity index (χ1n) is 9.58. The van der Waals surface area contributed by atoms with Crippen LogP contribution in [-0.4, -0.2) is 9.91 Å². The molecule has 7 nitrogen and oxygen atoms in total. The number of aromatic nitrogens is 1. The first kappa shape index (κ1) is 20.6. The van der Waals surface area contributed by atoms with E-state index in [1.165, 1.54) is 36.6 Å². The fourth-order valence-corrected chi connectivity index (χ4v) is 3.29. The highest BCUT2D eigenvalue weighted by molar-refractivity contribution is 7.18. The van der Waals surface area contributed by atoms with Crippen LogP contribution in [0, 0.1) is 10.1 Å². The zero-order valence-corrected chi connectivity index (χ0v) is 17.1. The molecular formula is C21H23N5O2S. The van der Waals surface area contributed by atoms with E-state index >= 15 is 0 Å². The lowest BCUT2D eigenvalue weighted by Crippen LogP contribution is -1.99. The number of unbranched alkanes of at least 4 members (excludes halogenated alkanes) is 2. The molecule has 0 saturated heterocycles. The van der Waals surface area contributed by atoms with Crippen LogP contribution in [0.25, 0.3) is 0 Å². The van der Waals surface area contributed by atoms with Gasteiger partial charge in [0.2, 0.25) is 5.13 Å². The van der Waals surface area contributed by atoms with E-state index in [4.69, 9.17) is 0 Å². The average Bonchev–Trinajstić information content (AvgIpc) is 3.22. The molecule has 1 heterocycles. The molecule has 0 amide bonds. The Hall–Kier alpha value is -3.13. The van der Waals surface area contributed by atoms with Gasteiger partial charge in [-0.05, 0) is 59.6 Å². The van der Waals surface area contributed by atoms with Crippen LogP contribution in [0.1, 0.15) is 37.3 Å². The largest absolute Gasteiger partial charge is 0.381 e. The van der Waals surface area contributed by atoms with E-state index in [0.29, 0.717) is 5.69 Å². The Kier molecular flexibility index (Phi) is 7.40. The van der Waals surface area contributed by atoms with Gasteiger partial charge in [0.15, 0.2) is 0 Å². The van der Waals surface area contributed by atoms with Crippen molar-refractivity contribution in [2.75, 3.05) is 5.32 Å². The molecule has 0 radical (unpaired) electrons. The quantitative estimate of drug-likeness (QED) is 0.172. The Morgan fingerprint density at radius 1 is 1.03 bits per heavy atom. The van der Waals surface area contributed by atoms with Gasteiger partial charge >= 0.3 is 5.00 Å². The minimum Gasteiger partial charge on any atom is -0.381 e. The molecule has 0 bridgehead atoms. The van der Waals surface area contributed by atoms with E-state index in [1.54, 1.807) is 0 Å². The highest BCUT2D eigenvalue weighted by Gasteiger charge is 2.10. The summed E-state index contributed by atoms with van der Waals surface area (Å²) >= 11 is 0.892. The number of hydrogen-bond donors (Lipinski definition) is 1. The van der Waals surface area contributed by atoms with Gasteiger partial charge in [0.05, 0.1) is 10.6 Å². The number of nitro groups is 1. The van der Waals surface area contributed by atoms with Crippen molar-refractivity contribution in [3.8, 4) is 0 Å². The van der Waals surface area contributed by atoms with Crippen molar-refractivity contribution in [1.29, 1.82) is 0 Å². The van der Waals surface area contributed by atoms with Crippen molar-refractivity contribution < 1.29 is 4.92 Å². The van der Waals surface area contributed by atoms with E-state index in [2.05, 4.69) is 51.7 Å². The van der Waals surface area contributed by atoms with Crippen LogP contribution in [0.15, 0.2) is 65.0 Å². The lowest BCUT2D eigenvalue weighted by Gasteiger charge is -2.08. The monoisotopic (exact) mass is 409 g/mol. The van der Waals surface area contributed by atoms with Gasteiger partial charge in [-0.15, -0.1) is 10.2 Å². The summed E-state index contributed by atoms with van der Waals surface area (Å²) in [4.78, 5) is 14.0. The second kappa shape index (κ2) is 10.4. The number of aryl methyl sites for hydroxylation is 1. The second-order valence-corrected chi connectivity index (χ2v) is 7.60. The zero-order valence-electron chi connectivity index (χ0n) is 16.2. The van der Waals surface area contributed by atoms with Crippen molar-refractivity contribution in [1.82, 2.24) is 4.98 Å². The summed E-state index contributed by atoms with van der Waals surface area (Å²) in [5, 5.41) is 22.3. The van der Waals surface area contributed by atoms with Crippen LogP contribution in [0.3, 0.4) is 0 Å². The Morgan fingerprint density at radius 2 is 1.76 bits per heavy atom. The Labute approximate surface area is 173 Å². The lowest BCUT2D eigenvalue weighted by atomic mass is 10.1. The molecule has 2 aromatic carbocycles. The van der Waals surface area contributed by atoms with E-state index in [1.807, 2.05) is 24.3 Å². The lowest BCUT2D eigenvalue weighted by molar-refractivity contribution is -0.380. The molecule has 0 saturated carbocycles. The van der Waals surface area contributed by atoms with E-state index < -0.39 is 4.92 Å². The van der Waals surface area contributed by atoms with Crippen LogP contribution in [0.2, 0.25) is 0 Å². The predicted octanol–water partition coefficient (Wildman–Crippen LogP) is 6.81. The van der Waals surface area contributed by atoms with Crippen molar-refractivity contribution >= 4 is 32.8 Å². The Balaban J connectivity index is 1.49. The van der Waals surface area contributed by atoms with Gasteiger partial charge in [0.25, 0.3) is 0 Å². The fourth-order valence-electron chi connectivity index (χ4n) is 2.74. The zero-order chi connectivity index (χ0) is 20.5. The summed E-state index contributed by atoms with van der Waals surface area (Å²) in [7, 11) is 0. The highest BCUT2D eigenvalue weighted by atomic mass is 32.1. The molecule has 1 N–H and O–H groups in total. The Morgan fingerprint density at radius 3 is 2.41 bits per heavy atom. The van der Waals surface area contributed by atoms with Gasteiger partial charge in [-0.3, -0.25) is 10.1 Å². The molecule has 0 aliphatic rings. The molecule has 0 spiro atoms. The number of hydrogen-bond acceptors (Lipinski definition) is 7. The first-order valence-corrected chi connectivity index (χ1v) is 10.4. The fraction of sp³-hybridized carbons (Fsp3) is 0.286. The second-order valence-electron chi connectivity index (χ2n) is 6.61. The minimum absolute atomic E-state index is 0.0486. The van der Waals surface area contributed by atoms with Crippen molar-refractivity contribution in [3.63, 3.8) is 0 Å². The standard InChI is InChI=1S/C21H23N5O2S/c1-2-3-4-5-16-6-8-17(9-7-16)14-22-18-10-12-19(13-11-18)24-25-21-23-15-20(29-21)26(27)28/h6-13,15,22H,2-5,14H2,1H3. The van der Waals surface area contributed by atoms with E-state index in [9.17, 15) is 10.1 Å². The minimum atomic E-state index is -0.489. The summed E-state index contributed by atoms with van der Waals surface area (Å²) < 4.78 is 0. The molecule has 1 aromatic heterocycles. The number of rotatable bonds is 10. The third-order valence-corrected chi connectivity index (χ3v) is 5.20. The van der Waals surface area contributed by atoms with Crippen molar-refractivity contribution in [2.45, 2.75) is 39.2 Å². The van der Waals surface area contributed by atoms with Crippen molar-refractivity contribution in [2.24, 2.45) is 10.2 Å². The maximum Gasteiger partial charge on any atom is 0.345 e. The summed E-state index contributed by atoms with van der Waals surface area (Å²) in [6.45, 7) is 2.97. The van der Waals surface area contributed by atoms with Crippen LogP contribution < -0.4 is 5.32 Å². The molecule has 0 atom stereocenters. The molecule has 150 valence electrons. The van der Waals surface area contributed by atoms with Crippen LogP contribution in [0.4, 0.5) is 21.5 Å². The first-order chi connectivity index (χ1) is 14.1. The molecule has 3 rings (SSSR count). The summed E-state index contributed by atoms with van der Waals surface area (Å²) in [5.41, 5.74) is 4.27. The van der Waals surface area contributed by atoms with Gasteiger partial charge < -0.3 is 5.32 Å². The van der Waals surface area contributed by atoms with Gasteiger partial charge in [-0.25, -0.2) is 4.98 Å². The predicted molar refractivity (Wildman–Crippen MR) is 116 cm³/mol. The van der Waals surface area contributed by atoms with Crippen LogP contribution in [-0.2, 0) is 13.0 Å². The normalized spacial score (nSPS) is 11.1. The molecule has 8 heteroatoms. The third-order valence-electron chi connectivity index (χ3n) is 4.37. The third kappa shape index (κ3) is 6.46. The maximum absolute atomic E-state index is 10.7. The number of azo groups is 1. The molecule has 0 aliphatic carbocycles. The average molecular weight is 410 g/mol. The molecule has 29 heavy (non-hydrogen) atoms. The van der Waals surface area contributed by atoms with Crippen LogP contribution >= 0.6 is 11.3 Å². The number of benzene rings is 2. The number of anilines is 1. The molecule has 0 unspecified atom stereocenters. The summed E-state index contributed by atoms with van der Waals surface area (Å²) in [5.74, 6) is 0. The maximum atomic E-state index is 10.7. The van der Waals surface area contributed by atoms with E-state index in [0.717, 1.165) is 30.0 Å². The van der Waals surface area contributed by atoms with Gasteiger partial charge in [-0.1, -0.05) is 44.0 Å². The topological polar surface area (TPSA) is 92.8 Å². The number of nitrogens with zero attached hydrogens (tertiary/aromatic N) is 4. The number of nitrogens with one attached hydrogen (secondary N) is 1. The summed E-state index contributed by atoms with van der Waals surface area (Å²) in [6, 6.07) is 16.3. The van der Waals surface area contributed by atoms with Gasteiger partial charge in [0.1, 0.15) is 6.20 Å². The molecule has 0 aliphatic heterocycles.